The molecule has 0 saturated heterocycles. The van der Waals surface area contributed by atoms with Gasteiger partial charge in [0.15, 0.2) is 11.7 Å². The monoisotopic (exact) mass is 512 g/mol. The number of H-pyrrole nitrogens is 1. The minimum atomic E-state index is -4.06. The van der Waals surface area contributed by atoms with Crippen molar-refractivity contribution in [1.82, 2.24) is 35.4 Å². The molecule has 36 heavy (non-hydrogen) atoms. The van der Waals surface area contributed by atoms with Gasteiger partial charge in [0, 0.05) is 50.1 Å². The van der Waals surface area contributed by atoms with Crippen molar-refractivity contribution in [3.05, 3.63) is 56.6 Å². The molecule has 0 spiro atoms. The van der Waals surface area contributed by atoms with Gasteiger partial charge in [0.25, 0.3) is 15.6 Å². The van der Waals surface area contributed by atoms with Crippen LogP contribution in [0.5, 0.6) is 5.75 Å². The van der Waals surface area contributed by atoms with Crippen molar-refractivity contribution in [1.29, 1.82) is 0 Å². The Labute approximate surface area is 207 Å². The Hall–Kier alpha value is -3.58. The maximum Gasteiger partial charge on any atom is 0.283 e. The maximum atomic E-state index is 13.6. The fourth-order valence-electron chi connectivity index (χ4n) is 4.56. The fraction of sp³-hybridized carbons (Fsp3) is 0.435. The second kappa shape index (κ2) is 9.47. The Morgan fingerprint density at radius 2 is 2.00 bits per heavy atom. The summed E-state index contributed by atoms with van der Waals surface area (Å²) in [4.78, 5) is 15.7. The number of nitrogens with one attached hydrogen (secondary N) is 2. The molecule has 0 radical (unpaired) electrons. The molecule has 190 valence electrons. The number of sulfonamides is 1. The largest absolute Gasteiger partial charge is 0.506 e. The molecule has 5 rings (SSSR count). The molecular weight excluding hydrogens is 484 g/mol. The fourth-order valence-corrected chi connectivity index (χ4v) is 5.85. The predicted molar refractivity (Wildman–Crippen MR) is 134 cm³/mol. The van der Waals surface area contributed by atoms with Gasteiger partial charge in [-0.25, -0.2) is 0 Å². The standard InChI is InChI=1S/C23H28N8O4S/c1-14(2)7-12-31-17-6-4-3-5-15(17)21(32)20(23(31)33)22-24-16-8-10-30(11-9-19-25-28-29-26-19)13-18(16)36(34,35)27-22/h3-6,14,32H,7-13H2,1-2H3,(H,24,27)(H,25,26,28,29). The minimum absolute atomic E-state index is 0.132. The number of para-hydroxylation sites is 1. The summed E-state index contributed by atoms with van der Waals surface area (Å²) in [6.07, 6.45) is 1.71. The summed E-state index contributed by atoms with van der Waals surface area (Å²) in [6, 6.07) is 7.06. The van der Waals surface area contributed by atoms with Gasteiger partial charge >= 0.3 is 0 Å². The van der Waals surface area contributed by atoms with Crippen LogP contribution in [0, 0.1) is 5.92 Å². The van der Waals surface area contributed by atoms with E-state index in [1.54, 1.807) is 28.8 Å². The molecule has 3 aromatic rings. The number of aromatic hydroxyl groups is 1. The van der Waals surface area contributed by atoms with Gasteiger partial charge in [-0.05, 0) is 24.5 Å². The van der Waals surface area contributed by atoms with E-state index in [-0.39, 0.29) is 28.6 Å². The highest BCUT2D eigenvalue weighted by atomic mass is 32.2. The molecule has 0 saturated carbocycles. The van der Waals surface area contributed by atoms with E-state index >= 15 is 0 Å². The lowest BCUT2D eigenvalue weighted by Gasteiger charge is -2.32. The van der Waals surface area contributed by atoms with Crippen molar-refractivity contribution in [2.75, 3.05) is 19.6 Å². The Morgan fingerprint density at radius 3 is 2.75 bits per heavy atom. The molecular formula is C23H28N8O4S. The molecule has 1 aromatic carbocycles. The van der Waals surface area contributed by atoms with Crippen LogP contribution >= 0.6 is 0 Å². The Bertz CT molecular complexity index is 1520. The van der Waals surface area contributed by atoms with E-state index in [1.807, 2.05) is 4.90 Å². The number of amidine groups is 1. The first-order chi connectivity index (χ1) is 17.2. The third-order valence-corrected chi connectivity index (χ3v) is 7.95. The van der Waals surface area contributed by atoms with Crippen LogP contribution in [0.1, 0.15) is 38.1 Å². The maximum absolute atomic E-state index is 13.6. The number of tetrazole rings is 1. The SMILES string of the molecule is CC(C)CCn1c(=O)c(C2=NS(=O)(=O)C3=C(CCN(CCc4nn[nH]n4)C3)N2)c(O)c2ccccc21. The molecule has 0 bridgehead atoms. The summed E-state index contributed by atoms with van der Waals surface area (Å²) in [5.41, 5.74) is 0.483. The molecule has 0 amide bonds. The Kier molecular flexibility index (Phi) is 6.35. The number of aromatic amines is 1. The van der Waals surface area contributed by atoms with Crippen LogP contribution in [-0.4, -0.2) is 69.1 Å². The molecule has 0 atom stereocenters. The second-order valence-corrected chi connectivity index (χ2v) is 11.1. The van der Waals surface area contributed by atoms with E-state index in [1.165, 1.54) is 0 Å². The molecule has 0 aliphatic carbocycles. The number of benzene rings is 1. The van der Waals surface area contributed by atoms with Crippen molar-refractivity contribution >= 4 is 26.8 Å². The van der Waals surface area contributed by atoms with E-state index in [2.05, 4.69) is 44.2 Å². The van der Waals surface area contributed by atoms with Crippen LogP contribution in [0.15, 0.2) is 44.1 Å². The van der Waals surface area contributed by atoms with Crippen molar-refractivity contribution in [2.45, 2.75) is 39.7 Å². The molecule has 0 unspecified atom stereocenters. The lowest BCUT2D eigenvalue weighted by molar-refractivity contribution is 0.289. The lowest BCUT2D eigenvalue weighted by Crippen LogP contribution is -2.44. The van der Waals surface area contributed by atoms with E-state index in [0.29, 0.717) is 60.8 Å². The van der Waals surface area contributed by atoms with Crippen molar-refractivity contribution < 1.29 is 13.5 Å². The van der Waals surface area contributed by atoms with Gasteiger partial charge in [-0.2, -0.15) is 13.6 Å². The highest BCUT2D eigenvalue weighted by Crippen LogP contribution is 2.31. The zero-order valence-corrected chi connectivity index (χ0v) is 20.9. The molecule has 2 aliphatic rings. The zero-order chi connectivity index (χ0) is 25.4. The van der Waals surface area contributed by atoms with Gasteiger partial charge in [-0.3, -0.25) is 9.69 Å². The number of aromatic nitrogens is 5. The summed E-state index contributed by atoms with van der Waals surface area (Å²) in [5, 5.41) is 28.4. The minimum Gasteiger partial charge on any atom is -0.506 e. The lowest BCUT2D eigenvalue weighted by atomic mass is 10.1. The van der Waals surface area contributed by atoms with E-state index in [9.17, 15) is 18.3 Å². The van der Waals surface area contributed by atoms with Gasteiger partial charge in [-0.1, -0.05) is 31.2 Å². The molecule has 3 N–H and O–H groups in total. The summed E-state index contributed by atoms with van der Waals surface area (Å²) in [5.74, 6) is 0.497. The smallest absolute Gasteiger partial charge is 0.283 e. The molecule has 12 nitrogen and oxygen atoms in total. The number of aryl methyl sites for hydroxylation is 1. The average molecular weight is 513 g/mol. The third kappa shape index (κ3) is 4.51. The number of nitrogens with zero attached hydrogens (tertiary/aromatic N) is 6. The van der Waals surface area contributed by atoms with Crippen LogP contribution in [0.3, 0.4) is 0 Å². The van der Waals surface area contributed by atoms with Crippen molar-refractivity contribution in [3.8, 4) is 5.75 Å². The molecule has 2 aromatic heterocycles. The van der Waals surface area contributed by atoms with Crippen LogP contribution < -0.4 is 10.9 Å². The Balaban J connectivity index is 1.49. The molecule has 13 heteroatoms. The van der Waals surface area contributed by atoms with Crippen LogP contribution in [0.25, 0.3) is 10.9 Å². The van der Waals surface area contributed by atoms with Crippen LogP contribution in [0.2, 0.25) is 0 Å². The number of hydrogen-bond donors (Lipinski definition) is 3. The van der Waals surface area contributed by atoms with Gasteiger partial charge in [-0.15, -0.1) is 14.6 Å². The highest BCUT2D eigenvalue weighted by Gasteiger charge is 2.35. The summed E-state index contributed by atoms with van der Waals surface area (Å²) >= 11 is 0. The van der Waals surface area contributed by atoms with Gasteiger partial charge in [0.1, 0.15) is 16.2 Å². The van der Waals surface area contributed by atoms with E-state index in [4.69, 9.17) is 0 Å². The number of hydrogen-bond acceptors (Lipinski definition) is 9. The molecule has 2 aliphatic heterocycles. The number of rotatable bonds is 7. The summed E-state index contributed by atoms with van der Waals surface area (Å²) in [6.45, 7) is 5.92. The summed E-state index contributed by atoms with van der Waals surface area (Å²) < 4.78 is 32.0. The third-order valence-electron chi connectivity index (χ3n) is 6.53. The molecule has 0 fully saturated rings. The van der Waals surface area contributed by atoms with E-state index in [0.717, 1.165) is 6.42 Å². The predicted octanol–water partition coefficient (Wildman–Crippen LogP) is 1.11. The topological polar surface area (TPSA) is 158 Å². The quantitative estimate of drug-likeness (QED) is 0.421. The van der Waals surface area contributed by atoms with Crippen molar-refractivity contribution in [2.24, 2.45) is 10.3 Å². The second-order valence-electron chi connectivity index (χ2n) is 9.43. The van der Waals surface area contributed by atoms with Crippen LogP contribution in [-0.2, 0) is 23.0 Å². The van der Waals surface area contributed by atoms with Gasteiger partial charge in [0.05, 0.1) is 5.52 Å². The van der Waals surface area contributed by atoms with E-state index < -0.39 is 15.6 Å². The number of fused-ring (bicyclic) bond motifs is 1. The van der Waals surface area contributed by atoms with Gasteiger partial charge in [0.2, 0.25) is 0 Å². The first kappa shape index (κ1) is 24.1. The number of pyridine rings is 1. The molecule has 4 heterocycles. The van der Waals surface area contributed by atoms with Crippen molar-refractivity contribution in [3.63, 3.8) is 0 Å². The average Bonchev–Trinajstić information content (AvgIpc) is 3.36. The normalized spacial score (nSPS) is 17.8. The van der Waals surface area contributed by atoms with Gasteiger partial charge < -0.3 is 15.0 Å². The highest BCUT2D eigenvalue weighted by molar-refractivity contribution is 7.94. The van der Waals surface area contributed by atoms with Crippen LogP contribution in [0.4, 0.5) is 0 Å². The zero-order valence-electron chi connectivity index (χ0n) is 20.1. The first-order valence-corrected chi connectivity index (χ1v) is 13.3. The first-order valence-electron chi connectivity index (χ1n) is 11.9. The summed E-state index contributed by atoms with van der Waals surface area (Å²) in [7, 11) is -4.06. The Morgan fingerprint density at radius 1 is 1.19 bits per heavy atom.